The molecular weight excluding hydrogens is 334 g/mol. The molecule has 25 heavy (non-hydrogen) atoms. The molecule has 0 saturated carbocycles. The van der Waals surface area contributed by atoms with E-state index in [0.717, 1.165) is 30.9 Å². The van der Waals surface area contributed by atoms with E-state index in [1.807, 2.05) is 31.3 Å². The Balaban J connectivity index is 1.45. The van der Waals surface area contributed by atoms with Gasteiger partial charge in [-0.25, -0.2) is 0 Å². The summed E-state index contributed by atoms with van der Waals surface area (Å²) in [6.07, 6.45) is 1.99. The Bertz CT molecular complexity index is 713. The van der Waals surface area contributed by atoms with Crippen LogP contribution < -0.4 is 10.2 Å². The molecule has 2 heterocycles. The molecule has 0 atom stereocenters. The van der Waals surface area contributed by atoms with Crippen LogP contribution in [0.2, 0.25) is 0 Å². The normalized spacial score (nSPS) is 14.3. The van der Waals surface area contributed by atoms with Crippen molar-refractivity contribution in [3.8, 4) is 0 Å². The van der Waals surface area contributed by atoms with Gasteiger partial charge in [-0.2, -0.15) is 11.3 Å². The molecule has 1 aromatic heterocycles. The minimum atomic E-state index is 0.00201. The van der Waals surface area contributed by atoms with Gasteiger partial charge in [-0.15, -0.1) is 0 Å². The highest BCUT2D eigenvalue weighted by atomic mass is 32.1. The molecule has 2 aromatic rings. The highest BCUT2D eigenvalue weighted by molar-refractivity contribution is 7.07. The second-order valence-corrected chi connectivity index (χ2v) is 7.14. The van der Waals surface area contributed by atoms with Crippen LogP contribution in [0.3, 0.4) is 0 Å². The highest BCUT2D eigenvalue weighted by Crippen LogP contribution is 2.23. The van der Waals surface area contributed by atoms with Crippen LogP contribution >= 0.6 is 11.3 Å². The van der Waals surface area contributed by atoms with Gasteiger partial charge in [-0.1, -0.05) is 0 Å². The number of nitrogens with zero attached hydrogens (tertiary/aromatic N) is 2. The largest absolute Gasteiger partial charge is 0.326 e. The predicted octanol–water partition coefficient (Wildman–Crippen LogP) is 3.34. The summed E-state index contributed by atoms with van der Waals surface area (Å²) in [6, 6.07) is 9.60. The molecule has 3 rings (SSSR count). The van der Waals surface area contributed by atoms with E-state index in [-0.39, 0.29) is 11.8 Å². The summed E-state index contributed by atoms with van der Waals surface area (Å²) in [4.78, 5) is 27.8. The minimum Gasteiger partial charge on any atom is -0.326 e. The van der Waals surface area contributed by atoms with Crippen LogP contribution in [0.5, 0.6) is 0 Å². The number of carbonyl (C=O) groups is 2. The predicted molar refractivity (Wildman–Crippen MR) is 102 cm³/mol. The van der Waals surface area contributed by atoms with Crippen molar-refractivity contribution in [3.05, 3.63) is 46.7 Å². The SMILES string of the molecule is CN(CCC(=O)Nc1ccc(N2CCCC2=O)cc1)Cc1ccsc1. The van der Waals surface area contributed by atoms with Gasteiger partial charge < -0.3 is 15.1 Å². The number of carbonyl (C=O) groups excluding carboxylic acids is 2. The van der Waals surface area contributed by atoms with Crippen molar-refractivity contribution in [1.29, 1.82) is 0 Å². The number of nitrogens with one attached hydrogen (secondary N) is 1. The van der Waals surface area contributed by atoms with Crippen molar-refractivity contribution >= 4 is 34.5 Å². The van der Waals surface area contributed by atoms with Crippen molar-refractivity contribution in [2.45, 2.75) is 25.8 Å². The van der Waals surface area contributed by atoms with E-state index in [0.29, 0.717) is 19.4 Å². The van der Waals surface area contributed by atoms with E-state index in [1.165, 1.54) is 5.56 Å². The molecule has 1 fully saturated rings. The summed E-state index contributed by atoms with van der Waals surface area (Å²) in [5, 5.41) is 7.11. The van der Waals surface area contributed by atoms with Crippen LogP contribution in [0.1, 0.15) is 24.8 Å². The summed E-state index contributed by atoms with van der Waals surface area (Å²) in [7, 11) is 2.02. The molecule has 0 radical (unpaired) electrons. The Kier molecular flexibility index (Phi) is 5.83. The third kappa shape index (κ3) is 4.90. The highest BCUT2D eigenvalue weighted by Gasteiger charge is 2.21. The zero-order chi connectivity index (χ0) is 17.6. The van der Waals surface area contributed by atoms with Crippen LogP contribution in [0.15, 0.2) is 41.1 Å². The fourth-order valence-electron chi connectivity index (χ4n) is 2.94. The standard InChI is InChI=1S/C19H23N3O2S/c1-21(13-15-9-12-25-14-15)11-8-18(23)20-16-4-6-17(7-5-16)22-10-2-3-19(22)24/h4-7,9,12,14H,2-3,8,10-11,13H2,1H3,(H,20,23). The van der Waals surface area contributed by atoms with E-state index in [9.17, 15) is 9.59 Å². The zero-order valence-electron chi connectivity index (χ0n) is 14.4. The monoisotopic (exact) mass is 357 g/mol. The Morgan fingerprint density at radius 2 is 2.08 bits per heavy atom. The molecule has 5 nitrogen and oxygen atoms in total. The first kappa shape index (κ1) is 17.6. The second kappa shape index (κ2) is 8.27. The van der Waals surface area contributed by atoms with Crippen LogP contribution in [0.4, 0.5) is 11.4 Å². The lowest BCUT2D eigenvalue weighted by Crippen LogP contribution is -2.24. The van der Waals surface area contributed by atoms with Gasteiger partial charge in [0.15, 0.2) is 0 Å². The molecule has 1 N–H and O–H groups in total. The molecule has 1 aliphatic rings. The molecule has 1 saturated heterocycles. The summed E-state index contributed by atoms with van der Waals surface area (Å²) < 4.78 is 0. The van der Waals surface area contributed by atoms with Crippen molar-refractivity contribution < 1.29 is 9.59 Å². The number of hydrogen-bond acceptors (Lipinski definition) is 4. The maximum atomic E-state index is 12.1. The first-order valence-corrected chi connectivity index (χ1v) is 9.46. The fourth-order valence-corrected chi connectivity index (χ4v) is 3.59. The minimum absolute atomic E-state index is 0.00201. The van der Waals surface area contributed by atoms with E-state index < -0.39 is 0 Å². The second-order valence-electron chi connectivity index (χ2n) is 6.36. The number of benzene rings is 1. The molecule has 0 bridgehead atoms. The number of amides is 2. The lowest BCUT2D eigenvalue weighted by atomic mass is 10.2. The van der Waals surface area contributed by atoms with Gasteiger partial charge in [-0.3, -0.25) is 9.59 Å². The van der Waals surface area contributed by atoms with Crippen molar-refractivity contribution in [3.63, 3.8) is 0 Å². The van der Waals surface area contributed by atoms with Crippen molar-refractivity contribution in [2.75, 3.05) is 30.4 Å². The Labute approximate surface area is 152 Å². The first-order chi connectivity index (χ1) is 12.1. The van der Waals surface area contributed by atoms with E-state index in [2.05, 4.69) is 27.0 Å². The van der Waals surface area contributed by atoms with Gasteiger partial charge in [0.1, 0.15) is 0 Å². The Morgan fingerprint density at radius 3 is 2.72 bits per heavy atom. The number of anilines is 2. The smallest absolute Gasteiger partial charge is 0.227 e. The topological polar surface area (TPSA) is 52.7 Å². The maximum Gasteiger partial charge on any atom is 0.227 e. The van der Waals surface area contributed by atoms with E-state index in [1.54, 1.807) is 16.2 Å². The van der Waals surface area contributed by atoms with Crippen LogP contribution in [-0.4, -0.2) is 36.9 Å². The molecule has 2 amide bonds. The van der Waals surface area contributed by atoms with Gasteiger partial charge in [0.25, 0.3) is 0 Å². The van der Waals surface area contributed by atoms with E-state index >= 15 is 0 Å². The van der Waals surface area contributed by atoms with Gasteiger partial charge in [0.05, 0.1) is 0 Å². The third-order valence-electron chi connectivity index (χ3n) is 4.29. The molecule has 1 aromatic carbocycles. The quantitative estimate of drug-likeness (QED) is 0.827. The summed E-state index contributed by atoms with van der Waals surface area (Å²) in [6.45, 7) is 2.35. The van der Waals surface area contributed by atoms with Gasteiger partial charge in [0.2, 0.25) is 11.8 Å². The van der Waals surface area contributed by atoms with E-state index in [4.69, 9.17) is 0 Å². The average molecular weight is 357 g/mol. The van der Waals surface area contributed by atoms with Crippen LogP contribution in [0.25, 0.3) is 0 Å². The summed E-state index contributed by atoms with van der Waals surface area (Å²) >= 11 is 1.69. The maximum absolute atomic E-state index is 12.1. The van der Waals surface area contributed by atoms with Crippen molar-refractivity contribution in [2.24, 2.45) is 0 Å². The van der Waals surface area contributed by atoms with Gasteiger partial charge in [0, 0.05) is 43.9 Å². The Morgan fingerprint density at radius 1 is 1.28 bits per heavy atom. The van der Waals surface area contributed by atoms with Crippen molar-refractivity contribution in [1.82, 2.24) is 4.90 Å². The average Bonchev–Trinajstić information content (AvgIpc) is 3.25. The molecule has 0 unspecified atom stereocenters. The molecular formula is C19H23N3O2S. The van der Waals surface area contributed by atoms with Crippen LogP contribution in [-0.2, 0) is 16.1 Å². The van der Waals surface area contributed by atoms with Gasteiger partial charge >= 0.3 is 0 Å². The lowest BCUT2D eigenvalue weighted by Gasteiger charge is -2.17. The molecule has 1 aliphatic heterocycles. The third-order valence-corrected chi connectivity index (χ3v) is 5.02. The number of hydrogen-bond donors (Lipinski definition) is 1. The first-order valence-electron chi connectivity index (χ1n) is 8.52. The fraction of sp³-hybridized carbons (Fsp3) is 0.368. The van der Waals surface area contributed by atoms with Gasteiger partial charge in [-0.05, 0) is 60.1 Å². The number of thiophene rings is 1. The summed E-state index contributed by atoms with van der Waals surface area (Å²) in [5.41, 5.74) is 2.94. The molecule has 0 aliphatic carbocycles. The molecule has 0 spiro atoms. The van der Waals surface area contributed by atoms with Crippen LogP contribution in [0, 0.1) is 0 Å². The number of rotatable bonds is 7. The summed E-state index contributed by atoms with van der Waals surface area (Å²) in [5.74, 6) is 0.174. The molecule has 132 valence electrons. The Hall–Kier alpha value is -2.18. The molecule has 6 heteroatoms. The zero-order valence-corrected chi connectivity index (χ0v) is 15.2. The lowest BCUT2D eigenvalue weighted by molar-refractivity contribution is -0.117.